The summed E-state index contributed by atoms with van der Waals surface area (Å²) in [6, 6.07) is 12.6. The van der Waals surface area contributed by atoms with Gasteiger partial charge in [-0.15, -0.1) is 0 Å². The van der Waals surface area contributed by atoms with Crippen molar-refractivity contribution < 1.29 is 9.53 Å². The number of rotatable bonds is 3. The Bertz CT molecular complexity index is 609. The van der Waals surface area contributed by atoms with Crippen molar-refractivity contribution in [2.75, 3.05) is 18.2 Å². The summed E-state index contributed by atoms with van der Waals surface area (Å²) >= 11 is 0. The van der Waals surface area contributed by atoms with Gasteiger partial charge in [0.15, 0.2) is 0 Å². The highest BCUT2D eigenvalue weighted by Gasteiger charge is 2.08. The van der Waals surface area contributed by atoms with Crippen LogP contribution >= 0.6 is 0 Å². The molecule has 0 fully saturated rings. The Balaban J connectivity index is 2.22. The van der Waals surface area contributed by atoms with E-state index in [0.717, 1.165) is 11.3 Å². The lowest BCUT2D eigenvalue weighted by Crippen LogP contribution is -2.12. The number of carbonyl (C=O) groups excluding carboxylic acids is 1. The molecule has 0 saturated carbocycles. The molecule has 2 aromatic rings. The summed E-state index contributed by atoms with van der Waals surface area (Å²) in [5, 5.41) is 2.83. The van der Waals surface area contributed by atoms with E-state index in [2.05, 4.69) is 5.32 Å². The lowest BCUT2D eigenvalue weighted by atomic mass is 10.1. The Labute approximate surface area is 112 Å². The Morgan fingerprint density at radius 1 is 1.21 bits per heavy atom. The summed E-state index contributed by atoms with van der Waals surface area (Å²) in [5.41, 5.74) is 8.54. The molecule has 0 radical (unpaired) electrons. The fourth-order valence-electron chi connectivity index (χ4n) is 1.80. The molecule has 0 atom stereocenters. The van der Waals surface area contributed by atoms with E-state index in [1.807, 2.05) is 31.2 Å². The van der Waals surface area contributed by atoms with E-state index in [0.29, 0.717) is 17.0 Å². The first-order chi connectivity index (χ1) is 9.08. The number of methoxy groups -OCH3 is 1. The van der Waals surface area contributed by atoms with Crippen LogP contribution in [0.4, 0.5) is 11.4 Å². The minimum atomic E-state index is -0.212. The topological polar surface area (TPSA) is 64.3 Å². The van der Waals surface area contributed by atoms with Crippen molar-refractivity contribution in [3.8, 4) is 5.75 Å². The van der Waals surface area contributed by atoms with Crippen LogP contribution in [0.2, 0.25) is 0 Å². The number of carbonyl (C=O) groups is 1. The second-order valence-electron chi connectivity index (χ2n) is 4.32. The van der Waals surface area contributed by atoms with Crippen LogP contribution in [0.25, 0.3) is 0 Å². The van der Waals surface area contributed by atoms with Crippen molar-refractivity contribution in [3.05, 3.63) is 53.6 Å². The van der Waals surface area contributed by atoms with Gasteiger partial charge < -0.3 is 15.8 Å². The molecule has 2 aromatic carbocycles. The van der Waals surface area contributed by atoms with E-state index >= 15 is 0 Å². The van der Waals surface area contributed by atoms with Gasteiger partial charge in [0.05, 0.1) is 7.11 Å². The van der Waals surface area contributed by atoms with E-state index < -0.39 is 0 Å². The highest BCUT2D eigenvalue weighted by molar-refractivity contribution is 6.05. The molecule has 3 N–H and O–H groups in total. The molecule has 0 aliphatic rings. The Kier molecular flexibility index (Phi) is 3.71. The SMILES string of the molecule is COc1cc(N)cc(C(=O)Nc2cccc(C)c2)c1. The predicted octanol–water partition coefficient (Wildman–Crippen LogP) is 2.84. The zero-order chi connectivity index (χ0) is 13.8. The zero-order valence-electron chi connectivity index (χ0n) is 10.9. The molecule has 0 aliphatic heterocycles. The van der Waals surface area contributed by atoms with E-state index in [9.17, 15) is 4.79 Å². The number of ether oxygens (including phenoxy) is 1. The maximum atomic E-state index is 12.1. The van der Waals surface area contributed by atoms with Gasteiger partial charge in [0.2, 0.25) is 0 Å². The van der Waals surface area contributed by atoms with Crippen LogP contribution in [0.15, 0.2) is 42.5 Å². The van der Waals surface area contributed by atoms with Gasteiger partial charge in [0.1, 0.15) is 5.75 Å². The van der Waals surface area contributed by atoms with Crippen LogP contribution in [-0.2, 0) is 0 Å². The lowest BCUT2D eigenvalue weighted by Gasteiger charge is -2.08. The van der Waals surface area contributed by atoms with Gasteiger partial charge in [0, 0.05) is 23.0 Å². The number of nitrogens with two attached hydrogens (primary N) is 1. The number of nitrogens with one attached hydrogen (secondary N) is 1. The first kappa shape index (κ1) is 13.0. The number of amides is 1. The number of hydrogen-bond donors (Lipinski definition) is 2. The van der Waals surface area contributed by atoms with Gasteiger partial charge in [-0.2, -0.15) is 0 Å². The van der Waals surface area contributed by atoms with Gasteiger partial charge in [-0.3, -0.25) is 4.79 Å². The predicted molar refractivity (Wildman–Crippen MR) is 76.5 cm³/mol. The summed E-state index contributed by atoms with van der Waals surface area (Å²) in [6.45, 7) is 1.97. The quantitative estimate of drug-likeness (QED) is 0.830. The zero-order valence-corrected chi connectivity index (χ0v) is 10.9. The standard InChI is InChI=1S/C15H16N2O2/c1-10-4-3-5-13(6-10)17-15(18)11-7-12(16)9-14(8-11)19-2/h3-9H,16H2,1-2H3,(H,17,18). The van der Waals surface area contributed by atoms with E-state index in [1.54, 1.807) is 18.2 Å². The number of anilines is 2. The molecule has 4 heteroatoms. The van der Waals surface area contributed by atoms with Crippen LogP contribution in [0.5, 0.6) is 5.75 Å². The highest BCUT2D eigenvalue weighted by Crippen LogP contribution is 2.19. The summed E-state index contributed by atoms with van der Waals surface area (Å²) in [7, 11) is 1.54. The second kappa shape index (κ2) is 5.44. The average molecular weight is 256 g/mol. The number of benzene rings is 2. The first-order valence-electron chi connectivity index (χ1n) is 5.91. The molecule has 0 heterocycles. The molecular weight excluding hydrogens is 240 g/mol. The summed E-state index contributed by atoms with van der Waals surface area (Å²) < 4.78 is 5.10. The Morgan fingerprint density at radius 3 is 2.68 bits per heavy atom. The fraction of sp³-hybridized carbons (Fsp3) is 0.133. The third-order valence-electron chi connectivity index (χ3n) is 2.70. The van der Waals surface area contributed by atoms with Crippen molar-refractivity contribution in [3.63, 3.8) is 0 Å². The van der Waals surface area contributed by atoms with Crippen LogP contribution in [0, 0.1) is 6.92 Å². The van der Waals surface area contributed by atoms with Gasteiger partial charge in [0.25, 0.3) is 5.91 Å². The number of aryl methyl sites for hydroxylation is 1. The van der Waals surface area contributed by atoms with Crippen LogP contribution in [-0.4, -0.2) is 13.0 Å². The summed E-state index contributed by atoms with van der Waals surface area (Å²) in [4.78, 5) is 12.1. The van der Waals surface area contributed by atoms with Crippen LogP contribution in [0.3, 0.4) is 0 Å². The molecule has 19 heavy (non-hydrogen) atoms. The third-order valence-corrected chi connectivity index (χ3v) is 2.70. The van der Waals surface area contributed by atoms with Gasteiger partial charge in [-0.05, 0) is 36.8 Å². The third kappa shape index (κ3) is 3.25. The number of nitrogen functional groups attached to an aromatic ring is 1. The minimum Gasteiger partial charge on any atom is -0.497 e. The van der Waals surface area contributed by atoms with Crippen molar-refractivity contribution in [2.45, 2.75) is 6.92 Å². The molecule has 2 rings (SSSR count). The largest absolute Gasteiger partial charge is 0.497 e. The molecule has 0 aromatic heterocycles. The molecule has 0 bridgehead atoms. The van der Waals surface area contributed by atoms with Crippen molar-refractivity contribution in [2.24, 2.45) is 0 Å². The first-order valence-corrected chi connectivity index (χ1v) is 5.91. The molecule has 0 unspecified atom stereocenters. The summed E-state index contributed by atoms with van der Waals surface area (Å²) in [6.07, 6.45) is 0. The lowest BCUT2D eigenvalue weighted by molar-refractivity contribution is 0.102. The van der Waals surface area contributed by atoms with Gasteiger partial charge in [-0.25, -0.2) is 0 Å². The van der Waals surface area contributed by atoms with Crippen LogP contribution in [0.1, 0.15) is 15.9 Å². The highest BCUT2D eigenvalue weighted by atomic mass is 16.5. The smallest absolute Gasteiger partial charge is 0.255 e. The summed E-state index contributed by atoms with van der Waals surface area (Å²) in [5.74, 6) is 0.352. The molecule has 1 amide bonds. The Morgan fingerprint density at radius 2 is 2.00 bits per heavy atom. The Hall–Kier alpha value is -2.49. The van der Waals surface area contributed by atoms with Crippen molar-refractivity contribution in [1.29, 1.82) is 0 Å². The normalized spacial score (nSPS) is 10.0. The van der Waals surface area contributed by atoms with E-state index in [-0.39, 0.29) is 5.91 Å². The molecule has 0 spiro atoms. The molecule has 0 saturated heterocycles. The van der Waals surface area contributed by atoms with E-state index in [1.165, 1.54) is 7.11 Å². The maximum Gasteiger partial charge on any atom is 0.255 e. The van der Waals surface area contributed by atoms with Gasteiger partial charge >= 0.3 is 0 Å². The number of hydrogen-bond acceptors (Lipinski definition) is 3. The van der Waals surface area contributed by atoms with Gasteiger partial charge in [-0.1, -0.05) is 12.1 Å². The van der Waals surface area contributed by atoms with Crippen molar-refractivity contribution >= 4 is 17.3 Å². The van der Waals surface area contributed by atoms with Crippen LogP contribution < -0.4 is 15.8 Å². The average Bonchev–Trinajstić information content (AvgIpc) is 2.38. The molecule has 0 aliphatic carbocycles. The molecule has 98 valence electrons. The maximum absolute atomic E-state index is 12.1. The minimum absolute atomic E-state index is 0.212. The molecular formula is C15H16N2O2. The fourth-order valence-corrected chi connectivity index (χ4v) is 1.80. The van der Waals surface area contributed by atoms with Crippen molar-refractivity contribution in [1.82, 2.24) is 0 Å². The molecule has 4 nitrogen and oxygen atoms in total. The second-order valence-corrected chi connectivity index (χ2v) is 4.32. The van der Waals surface area contributed by atoms with E-state index in [4.69, 9.17) is 10.5 Å². The monoisotopic (exact) mass is 256 g/mol.